The molecule has 30 heavy (non-hydrogen) atoms. The molecule has 2 saturated heterocycles. The zero-order chi connectivity index (χ0) is 21.1. The van der Waals surface area contributed by atoms with Gasteiger partial charge < -0.3 is 14.5 Å². The quantitative estimate of drug-likeness (QED) is 0.717. The van der Waals surface area contributed by atoms with E-state index in [4.69, 9.17) is 4.74 Å². The molecule has 0 bridgehead atoms. The van der Waals surface area contributed by atoms with Crippen molar-refractivity contribution in [3.63, 3.8) is 0 Å². The zero-order valence-corrected chi connectivity index (χ0v) is 17.1. The fourth-order valence-corrected chi connectivity index (χ4v) is 4.32. The first-order valence-electron chi connectivity index (χ1n) is 10.4. The van der Waals surface area contributed by atoms with Gasteiger partial charge in [-0.25, -0.2) is 4.39 Å². The van der Waals surface area contributed by atoms with Gasteiger partial charge in [0.25, 0.3) is 5.91 Å². The van der Waals surface area contributed by atoms with E-state index in [1.807, 2.05) is 24.3 Å². The number of nitrogens with one attached hydrogen (secondary N) is 1. The molecule has 7 heteroatoms. The molecule has 1 atom stereocenters. The van der Waals surface area contributed by atoms with Crippen LogP contribution in [0.25, 0.3) is 0 Å². The third-order valence-corrected chi connectivity index (χ3v) is 6.12. The van der Waals surface area contributed by atoms with Crippen LogP contribution in [0.5, 0.6) is 5.75 Å². The molecule has 2 heterocycles. The highest BCUT2D eigenvalue weighted by atomic mass is 19.1. The highest BCUT2D eigenvalue weighted by molar-refractivity contribution is 6.04. The Kier molecular flexibility index (Phi) is 5.99. The first-order valence-corrected chi connectivity index (χ1v) is 10.4. The topological polar surface area (TPSA) is 54.3 Å². The van der Waals surface area contributed by atoms with Crippen molar-refractivity contribution in [2.75, 3.05) is 44.7 Å². The summed E-state index contributed by atoms with van der Waals surface area (Å²) < 4.78 is 18.3. The van der Waals surface area contributed by atoms with E-state index < -0.39 is 0 Å². The van der Waals surface area contributed by atoms with Gasteiger partial charge in [-0.15, -0.1) is 0 Å². The van der Waals surface area contributed by atoms with Crippen molar-refractivity contribution in [2.45, 2.75) is 18.9 Å². The standard InChI is InChI=1S/C23H26FN3O3/c1-30-20-8-2-17(3-9-20)10-11-27-22(28)16-21(23(27)29)26-14-12-25(13-15-26)19-6-4-18(24)5-7-19/h2-9,21H,10-16H2,1H3/p+1/t21-/m1/s1. The Morgan fingerprint density at radius 2 is 1.70 bits per heavy atom. The number of likely N-dealkylation sites (tertiary alicyclic amines) is 1. The number of hydrogen-bond acceptors (Lipinski definition) is 4. The Labute approximate surface area is 175 Å². The lowest BCUT2D eigenvalue weighted by Crippen LogP contribution is -3.19. The van der Waals surface area contributed by atoms with Gasteiger partial charge in [-0.05, 0) is 48.4 Å². The summed E-state index contributed by atoms with van der Waals surface area (Å²) in [5.41, 5.74) is 2.06. The predicted molar refractivity (Wildman–Crippen MR) is 111 cm³/mol. The van der Waals surface area contributed by atoms with Crippen LogP contribution >= 0.6 is 0 Å². The van der Waals surface area contributed by atoms with Crippen LogP contribution < -0.4 is 14.5 Å². The summed E-state index contributed by atoms with van der Waals surface area (Å²) >= 11 is 0. The number of quaternary nitrogens is 1. The van der Waals surface area contributed by atoms with E-state index in [-0.39, 0.29) is 30.1 Å². The number of nitrogens with zero attached hydrogens (tertiary/aromatic N) is 2. The molecule has 4 rings (SSSR count). The number of methoxy groups -OCH3 is 1. The van der Waals surface area contributed by atoms with Crippen molar-refractivity contribution in [3.8, 4) is 5.75 Å². The summed E-state index contributed by atoms with van der Waals surface area (Å²) in [5.74, 6) is 0.411. The lowest BCUT2D eigenvalue weighted by Gasteiger charge is -2.35. The minimum absolute atomic E-state index is 0.0567. The third-order valence-electron chi connectivity index (χ3n) is 6.12. The van der Waals surface area contributed by atoms with Gasteiger partial charge in [0, 0.05) is 12.2 Å². The number of piperazine rings is 1. The SMILES string of the molecule is COc1ccc(CCN2C(=O)C[C@@H]([NH+]3CCN(c4ccc(F)cc4)CC3)C2=O)cc1. The van der Waals surface area contributed by atoms with Gasteiger partial charge in [-0.3, -0.25) is 14.5 Å². The Bertz CT molecular complexity index is 893. The molecule has 0 unspecified atom stereocenters. The summed E-state index contributed by atoms with van der Waals surface area (Å²) in [7, 11) is 1.62. The predicted octanol–water partition coefficient (Wildman–Crippen LogP) is 0.909. The van der Waals surface area contributed by atoms with E-state index in [2.05, 4.69) is 4.90 Å². The lowest BCUT2D eigenvalue weighted by molar-refractivity contribution is -0.915. The molecular formula is C23H27FN3O3+. The van der Waals surface area contributed by atoms with Crippen molar-refractivity contribution in [3.05, 3.63) is 59.9 Å². The second-order valence-corrected chi connectivity index (χ2v) is 7.86. The Balaban J connectivity index is 1.32. The Hall–Kier alpha value is -2.93. The van der Waals surface area contributed by atoms with Gasteiger partial charge in [-0.2, -0.15) is 0 Å². The minimum atomic E-state index is -0.288. The summed E-state index contributed by atoms with van der Waals surface area (Å²) in [6, 6.07) is 13.9. The summed E-state index contributed by atoms with van der Waals surface area (Å²) in [5, 5.41) is 0. The number of amides is 2. The highest BCUT2D eigenvalue weighted by Crippen LogP contribution is 2.17. The number of halogens is 1. The van der Waals surface area contributed by atoms with E-state index in [0.717, 1.165) is 43.2 Å². The van der Waals surface area contributed by atoms with E-state index >= 15 is 0 Å². The summed E-state index contributed by atoms with van der Waals surface area (Å²) in [6.07, 6.45) is 0.926. The molecule has 0 aromatic heterocycles. The Morgan fingerprint density at radius 3 is 2.33 bits per heavy atom. The average molecular weight is 412 g/mol. The van der Waals surface area contributed by atoms with Crippen LogP contribution in [0.1, 0.15) is 12.0 Å². The van der Waals surface area contributed by atoms with Crippen LogP contribution in [0.4, 0.5) is 10.1 Å². The normalized spacial score (nSPS) is 20.1. The molecule has 2 aliphatic rings. The van der Waals surface area contributed by atoms with Gasteiger partial charge in [0.15, 0.2) is 6.04 Å². The Morgan fingerprint density at radius 1 is 1.03 bits per heavy atom. The van der Waals surface area contributed by atoms with Crippen LogP contribution in [0.2, 0.25) is 0 Å². The number of imide groups is 1. The molecule has 6 nitrogen and oxygen atoms in total. The molecule has 0 spiro atoms. The molecule has 2 fully saturated rings. The number of carbonyl (C=O) groups is 2. The van der Waals surface area contributed by atoms with Crippen molar-refractivity contribution < 1.29 is 23.6 Å². The van der Waals surface area contributed by atoms with Gasteiger partial charge in [-0.1, -0.05) is 12.1 Å². The van der Waals surface area contributed by atoms with Crippen molar-refractivity contribution in [1.82, 2.24) is 4.90 Å². The summed E-state index contributed by atoms with van der Waals surface area (Å²) in [6.45, 7) is 3.55. The molecule has 2 aliphatic heterocycles. The molecule has 2 aromatic rings. The highest BCUT2D eigenvalue weighted by Gasteiger charge is 2.45. The number of benzene rings is 2. The molecule has 0 aliphatic carbocycles. The largest absolute Gasteiger partial charge is 0.497 e. The van der Waals surface area contributed by atoms with Crippen LogP contribution in [-0.4, -0.2) is 62.6 Å². The molecule has 1 N–H and O–H groups in total. The van der Waals surface area contributed by atoms with Gasteiger partial charge in [0.1, 0.15) is 11.6 Å². The number of rotatable bonds is 6. The lowest BCUT2D eigenvalue weighted by atomic mass is 10.1. The van der Waals surface area contributed by atoms with Crippen LogP contribution in [-0.2, 0) is 16.0 Å². The van der Waals surface area contributed by atoms with Gasteiger partial charge in [0.05, 0.1) is 39.7 Å². The van der Waals surface area contributed by atoms with Crippen molar-refractivity contribution >= 4 is 17.5 Å². The fraction of sp³-hybridized carbons (Fsp3) is 0.391. The average Bonchev–Trinajstić information content (AvgIpc) is 3.06. The monoisotopic (exact) mass is 412 g/mol. The maximum atomic E-state index is 13.1. The maximum absolute atomic E-state index is 13.1. The first-order chi connectivity index (χ1) is 14.5. The molecule has 0 saturated carbocycles. The van der Waals surface area contributed by atoms with E-state index in [0.29, 0.717) is 13.0 Å². The molecule has 2 amide bonds. The van der Waals surface area contributed by atoms with Crippen molar-refractivity contribution in [1.29, 1.82) is 0 Å². The van der Waals surface area contributed by atoms with Crippen LogP contribution in [0, 0.1) is 5.82 Å². The number of ether oxygens (including phenoxy) is 1. The number of carbonyl (C=O) groups excluding carboxylic acids is 2. The summed E-state index contributed by atoms with van der Waals surface area (Å²) in [4.78, 5) is 30.2. The molecular weight excluding hydrogens is 385 g/mol. The van der Waals surface area contributed by atoms with Crippen LogP contribution in [0.3, 0.4) is 0 Å². The van der Waals surface area contributed by atoms with Gasteiger partial charge in [0.2, 0.25) is 5.91 Å². The maximum Gasteiger partial charge on any atom is 0.288 e. The fourth-order valence-electron chi connectivity index (χ4n) is 4.32. The molecule has 0 radical (unpaired) electrons. The van der Waals surface area contributed by atoms with E-state index in [9.17, 15) is 14.0 Å². The number of hydrogen-bond donors (Lipinski definition) is 1. The van der Waals surface area contributed by atoms with Gasteiger partial charge >= 0.3 is 0 Å². The second-order valence-electron chi connectivity index (χ2n) is 7.86. The second kappa shape index (κ2) is 8.83. The van der Waals surface area contributed by atoms with Crippen LogP contribution in [0.15, 0.2) is 48.5 Å². The van der Waals surface area contributed by atoms with Crippen molar-refractivity contribution in [2.24, 2.45) is 0 Å². The van der Waals surface area contributed by atoms with E-state index in [1.54, 1.807) is 19.2 Å². The third kappa shape index (κ3) is 4.31. The first kappa shape index (κ1) is 20.3. The smallest absolute Gasteiger partial charge is 0.288 e. The number of anilines is 1. The zero-order valence-electron chi connectivity index (χ0n) is 17.1. The van der Waals surface area contributed by atoms with E-state index in [1.165, 1.54) is 21.9 Å². The minimum Gasteiger partial charge on any atom is -0.497 e. The molecule has 158 valence electrons. The molecule has 2 aromatic carbocycles.